The number of carbonyl (C=O) groups is 6. The summed E-state index contributed by atoms with van der Waals surface area (Å²) in [5.74, 6) is 4.58. The van der Waals surface area contributed by atoms with Gasteiger partial charge >= 0.3 is 36.2 Å². The summed E-state index contributed by atoms with van der Waals surface area (Å²) in [7, 11) is 0. The lowest BCUT2D eigenvalue weighted by Gasteiger charge is -2.61. The van der Waals surface area contributed by atoms with Crippen LogP contribution in [0.1, 0.15) is 336 Å². The first-order chi connectivity index (χ1) is 53.7. The van der Waals surface area contributed by atoms with Crippen molar-refractivity contribution in [1.82, 2.24) is 9.80 Å². The summed E-state index contributed by atoms with van der Waals surface area (Å²) >= 11 is 0. The molecule has 2 saturated heterocycles. The van der Waals surface area contributed by atoms with Crippen molar-refractivity contribution in [3.63, 3.8) is 0 Å². The summed E-state index contributed by atoms with van der Waals surface area (Å²) < 4.78 is 45.7. The summed E-state index contributed by atoms with van der Waals surface area (Å²) in [6.07, 6.45) is 68.3. The second kappa shape index (κ2) is 55.7. The third kappa shape index (κ3) is 37.7. The van der Waals surface area contributed by atoms with E-state index in [-0.39, 0.29) is 86.7 Å². The Morgan fingerprint density at radius 1 is 0.409 bits per heavy atom. The van der Waals surface area contributed by atoms with Gasteiger partial charge in [-0.15, -0.1) is 0 Å². The summed E-state index contributed by atoms with van der Waals surface area (Å²) in [6.45, 7) is 17.9. The van der Waals surface area contributed by atoms with Gasteiger partial charge in [0.15, 0.2) is 0 Å². The Hall–Kier alpha value is -4.70. The Morgan fingerprint density at radius 3 is 1.38 bits per heavy atom. The zero-order chi connectivity index (χ0) is 78.1. The van der Waals surface area contributed by atoms with Crippen LogP contribution < -0.4 is 0 Å². The monoisotopic (exact) mass is 1540 g/mol. The molecule has 0 aromatic rings. The van der Waals surface area contributed by atoms with Crippen LogP contribution in [0.2, 0.25) is 0 Å². The number of likely N-dealkylation sites (tertiary alicyclic amines) is 2. The van der Waals surface area contributed by atoms with Gasteiger partial charge in [-0.1, -0.05) is 192 Å². The molecule has 16 heteroatoms. The molecule has 0 radical (unpaired) electrons. The van der Waals surface area contributed by atoms with E-state index in [1.807, 2.05) is 0 Å². The summed E-state index contributed by atoms with van der Waals surface area (Å²) in [5.41, 5.74) is 0.208. The zero-order valence-electron chi connectivity index (χ0n) is 70.4. The van der Waals surface area contributed by atoms with Gasteiger partial charge in [-0.05, 0) is 252 Å². The van der Waals surface area contributed by atoms with E-state index in [9.17, 15) is 28.8 Å². The fraction of sp³-hybridized carbons (Fsp3) is 0.851. The molecule has 0 spiro atoms. The molecule has 2 heterocycles. The first-order valence-corrected chi connectivity index (χ1v) is 46.0. The fourth-order valence-corrected chi connectivity index (χ4v) is 20.3. The van der Waals surface area contributed by atoms with Gasteiger partial charge in [-0.3, -0.25) is 19.2 Å². The summed E-state index contributed by atoms with van der Waals surface area (Å²) in [6, 6.07) is 0. The third-order valence-electron chi connectivity index (χ3n) is 26.6. The highest BCUT2D eigenvalue weighted by atomic mass is 16.7. The number of carbonyl (C=O) groups excluding carboxylic acids is 6. The summed E-state index contributed by atoms with van der Waals surface area (Å²) in [4.78, 5) is 83.5. The first-order valence-electron chi connectivity index (χ1n) is 46.0. The number of hydrogen-bond acceptors (Lipinski definition) is 16. The van der Waals surface area contributed by atoms with Gasteiger partial charge in [0.1, 0.15) is 39.6 Å². The molecule has 8 rings (SSSR count). The molecular formula is C94H158N2O14. The maximum atomic E-state index is 13.6. The van der Waals surface area contributed by atoms with Crippen molar-refractivity contribution in [2.24, 2.45) is 82.3 Å². The average Bonchev–Trinajstić information content (AvgIpc) is 0.766. The van der Waals surface area contributed by atoms with Crippen molar-refractivity contribution in [3.05, 3.63) is 48.6 Å². The van der Waals surface area contributed by atoms with Crippen LogP contribution in [0.25, 0.3) is 0 Å². The van der Waals surface area contributed by atoms with Crippen LogP contribution in [0.4, 0.5) is 9.59 Å². The maximum absolute atomic E-state index is 13.6. The van der Waals surface area contributed by atoms with E-state index in [2.05, 4.69) is 93.0 Å². The first kappa shape index (κ1) is 92.5. The van der Waals surface area contributed by atoms with E-state index < -0.39 is 24.1 Å². The molecule has 7 unspecified atom stereocenters. The maximum Gasteiger partial charge on any atom is 0.508 e. The lowest BCUT2D eigenvalue weighted by molar-refractivity contribution is -0.155. The van der Waals surface area contributed by atoms with Gasteiger partial charge in [0.2, 0.25) is 0 Å². The quantitative estimate of drug-likeness (QED) is 0.0184. The van der Waals surface area contributed by atoms with E-state index >= 15 is 0 Å². The minimum atomic E-state index is -0.734. The number of nitrogens with zero attached hydrogens (tertiary/aromatic N) is 2. The van der Waals surface area contributed by atoms with E-state index in [4.69, 9.17) is 37.9 Å². The fourth-order valence-electron chi connectivity index (χ4n) is 20.3. The van der Waals surface area contributed by atoms with Gasteiger partial charge in [0.05, 0.1) is 31.0 Å². The Morgan fingerprint density at radius 2 is 0.855 bits per heavy atom. The minimum absolute atomic E-state index is 0.0138. The highest BCUT2D eigenvalue weighted by Crippen LogP contribution is 2.65. The molecule has 6 aliphatic carbocycles. The lowest BCUT2D eigenvalue weighted by atomic mass is 9.44. The Labute approximate surface area is 668 Å². The number of esters is 4. The molecule has 0 amide bonds. The molecule has 0 aromatic carbocycles. The van der Waals surface area contributed by atoms with Crippen molar-refractivity contribution >= 4 is 36.2 Å². The molecule has 8 fully saturated rings. The molecule has 110 heavy (non-hydrogen) atoms. The number of allylic oxidation sites excluding steroid dienone is 8. The predicted octanol–water partition coefficient (Wildman–Crippen LogP) is 22.8. The van der Waals surface area contributed by atoms with Crippen molar-refractivity contribution in [2.75, 3.05) is 92.1 Å². The van der Waals surface area contributed by atoms with Crippen molar-refractivity contribution in [1.29, 1.82) is 0 Å². The molecule has 628 valence electrons. The normalized spacial score (nSPS) is 26.0. The lowest BCUT2D eigenvalue weighted by Crippen LogP contribution is -2.52. The predicted molar refractivity (Wildman–Crippen MR) is 441 cm³/mol. The molecule has 2 aliphatic heterocycles. The molecule has 6 saturated carbocycles. The third-order valence-corrected chi connectivity index (χ3v) is 26.6. The molecule has 4 bridgehead atoms. The van der Waals surface area contributed by atoms with Gasteiger partial charge in [0, 0.05) is 44.2 Å². The largest absolute Gasteiger partial charge is 0.508 e. The minimum Gasteiger partial charge on any atom is -0.465 e. The zero-order valence-corrected chi connectivity index (χ0v) is 70.4. The van der Waals surface area contributed by atoms with E-state index in [0.29, 0.717) is 44.3 Å². The van der Waals surface area contributed by atoms with Crippen LogP contribution in [-0.4, -0.2) is 138 Å². The van der Waals surface area contributed by atoms with Crippen LogP contribution in [0.5, 0.6) is 0 Å². The van der Waals surface area contributed by atoms with Crippen molar-refractivity contribution in [3.8, 4) is 0 Å². The van der Waals surface area contributed by atoms with Gasteiger partial charge in [0.25, 0.3) is 0 Å². The number of hydrogen-bond donors (Lipinski definition) is 0. The average molecular weight is 1540 g/mol. The Bertz CT molecular complexity index is 2630. The highest BCUT2D eigenvalue weighted by Gasteiger charge is 2.56. The number of rotatable bonds is 56. The molecule has 8 aliphatic rings. The number of piperidine rings is 2. The Kier molecular flexibility index (Phi) is 46.9. The van der Waals surface area contributed by atoms with Crippen LogP contribution in [0, 0.1) is 82.3 Å². The molecule has 0 aromatic heterocycles. The SMILES string of the molecule is CCCCC/C=C\C/C=C\CCCCCCCC(=O)OCC(COC(=O)CCC12CC3CC(C1)C(C(C)CCC/C=C\C/C=C\CCCCCCCC(=O)OCC(COC(=O)OCC1CCCN(CC)C1)COC(=O)C1CCC([C@H]4CCC[C@H](CCCCC)CC4)CC1)C(C3)C2)COC(=O)OCC1CCCN(CC)C1. The molecule has 9 atom stereocenters. The van der Waals surface area contributed by atoms with Crippen molar-refractivity contribution < 1.29 is 66.7 Å². The van der Waals surface area contributed by atoms with Crippen LogP contribution in [0.3, 0.4) is 0 Å². The smallest absolute Gasteiger partial charge is 0.465 e. The standard InChI is InChI=1S/C94H158N2O14/c1-6-10-12-13-14-15-16-17-18-21-24-27-30-33-37-48-87(97)103-69-80(73-109-92(101)107-67-77-45-40-58-95(8-3)65-77)70-105-89(99)56-57-94-62-79-60-85(63-94)90(86(61-79)64-94)75(5)42-36-32-29-26-23-20-19-22-25-28-31-34-38-49-88(98)104-71-81(74-110-93(102)108-68-78-46-41-59-96(9-4)66-78)72-106-91(100)84-54-52-83(53-55-84)82-47-39-44-76(50-51-82)43-35-11-7-2/h14-15,17-20,26,29,75-86,90H,6-13,16,21-25,27-28,30-74H2,1-5H3/b15-14-,18-17-,20-19-,29-26-/t75?,76-,77?,78?,79?,80?,81?,82-,83?,84?,85?,86?,90?,94?/m0/s1. The number of unbranched alkanes of at least 4 members (excludes halogenated alkanes) is 16. The second-order valence-electron chi connectivity index (χ2n) is 35.6. The molecule has 0 N–H and O–H groups in total. The van der Waals surface area contributed by atoms with Crippen LogP contribution in [0.15, 0.2) is 48.6 Å². The topological polar surface area (TPSA) is 183 Å². The van der Waals surface area contributed by atoms with E-state index in [1.165, 1.54) is 128 Å². The molecule has 16 nitrogen and oxygen atoms in total. The van der Waals surface area contributed by atoms with Gasteiger partial charge in [-0.25, -0.2) is 9.59 Å². The van der Waals surface area contributed by atoms with Crippen LogP contribution in [-0.2, 0) is 57.1 Å². The second-order valence-corrected chi connectivity index (χ2v) is 35.6. The summed E-state index contributed by atoms with van der Waals surface area (Å²) in [5, 5.41) is 0. The van der Waals surface area contributed by atoms with Crippen molar-refractivity contribution in [2.45, 2.75) is 336 Å². The van der Waals surface area contributed by atoms with Gasteiger partial charge < -0.3 is 47.7 Å². The number of ether oxygens (including phenoxy) is 8. The highest BCUT2D eigenvalue weighted by molar-refractivity contribution is 5.72. The van der Waals surface area contributed by atoms with Gasteiger partial charge in [-0.2, -0.15) is 0 Å². The van der Waals surface area contributed by atoms with E-state index in [1.54, 1.807) is 0 Å². The van der Waals surface area contributed by atoms with E-state index in [0.717, 1.165) is 229 Å². The van der Waals surface area contributed by atoms with Crippen LogP contribution >= 0.6 is 0 Å². The molecular weight excluding hydrogens is 1380 g/mol. The Balaban J connectivity index is 0.720.